The summed E-state index contributed by atoms with van der Waals surface area (Å²) in [4.78, 5) is 51.0. The van der Waals surface area contributed by atoms with Crippen LogP contribution >= 0.6 is 0 Å². The van der Waals surface area contributed by atoms with Crippen LogP contribution in [-0.2, 0) is 42.9 Å². The first kappa shape index (κ1) is 67.9. The molecule has 12 heteroatoms. The van der Waals surface area contributed by atoms with Crippen molar-refractivity contribution in [1.82, 2.24) is 0 Å². The van der Waals surface area contributed by atoms with Crippen LogP contribution in [0.3, 0.4) is 0 Å². The van der Waals surface area contributed by atoms with Crippen LogP contribution in [0, 0.1) is 0 Å². The van der Waals surface area contributed by atoms with E-state index < -0.39 is 67.3 Å². The number of unbranched alkanes of at least 4 members (excludes halogenated alkanes) is 10. The molecular weight excluding hydrogens is 949 g/mol. The fraction of sp³-hybridized carbons (Fsp3) is 0.587. The Kier molecular flexibility index (Phi) is 45.0. The molecule has 1 rings (SSSR count). The van der Waals surface area contributed by atoms with E-state index in [0.29, 0.717) is 19.3 Å². The van der Waals surface area contributed by atoms with Crippen LogP contribution < -0.4 is 0 Å². The van der Waals surface area contributed by atoms with Gasteiger partial charge in [-0.25, -0.2) is 4.79 Å². The predicted octanol–water partition coefficient (Wildman–Crippen LogP) is 14.2. The van der Waals surface area contributed by atoms with Crippen LogP contribution in [0.5, 0.6) is 0 Å². The second kappa shape index (κ2) is 49.7. The highest BCUT2D eigenvalue weighted by molar-refractivity contribution is 5.74. The molecule has 0 aromatic rings. The molecule has 0 aliphatic carbocycles. The summed E-state index contributed by atoms with van der Waals surface area (Å²) < 4.78 is 28.2. The van der Waals surface area contributed by atoms with Crippen molar-refractivity contribution in [3.05, 3.63) is 134 Å². The molecule has 0 aromatic carbocycles. The van der Waals surface area contributed by atoms with E-state index in [-0.39, 0.29) is 25.9 Å². The Labute approximate surface area is 451 Å². The number of aliphatic carboxylic acids is 1. The second-order valence-electron chi connectivity index (χ2n) is 18.5. The topological polar surface area (TPSA) is 175 Å². The van der Waals surface area contributed by atoms with Gasteiger partial charge in [0.2, 0.25) is 0 Å². The van der Waals surface area contributed by atoms with Gasteiger partial charge in [0.05, 0.1) is 13.0 Å². The van der Waals surface area contributed by atoms with Crippen LogP contribution in [0.4, 0.5) is 0 Å². The van der Waals surface area contributed by atoms with Crippen LogP contribution in [0.15, 0.2) is 134 Å². The molecule has 0 spiro atoms. The van der Waals surface area contributed by atoms with Crippen molar-refractivity contribution in [3.63, 3.8) is 0 Å². The normalized spacial score (nSPS) is 19.2. The summed E-state index contributed by atoms with van der Waals surface area (Å²) in [6, 6.07) is 0. The van der Waals surface area contributed by atoms with Gasteiger partial charge in [0.25, 0.3) is 0 Å². The summed E-state index contributed by atoms with van der Waals surface area (Å²) in [6.45, 7) is 5.56. The number of rotatable bonds is 45. The fourth-order valence-electron chi connectivity index (χ4n) is 7.47. The average molecular weight is 1050 g/mol. The largest absolute Gasteiger partial charge is 0.479 e. The second-order valence-corrected chi connectivity index (χ2v) is 18.5. The monoisotopic (exact) mass is 1040 g/mol. The van der Waals surface area contributed by atoms with Crippen molar-refractivity contribution >= 4 is 23.9 Å². The highest BCUT2D eigenvalue weighted by Gasteiger charge is 2.50. The van der Waals surface area contributed by atoms with E-state index in [1.807, 2.05) is 18.2 Å². The first-order chi connectivity index (χ1) is 36.6. The number of hydrogen-bond donors (Lipinski definition) is 3. The highest BCUT2D eigenvalue weighted by Crippen LogP contribution is 2.26. The third-order valence-corrected chi connectivity index (χ3v) is 11.7. The summed E-state index contributed by atoms with van der Waals surface area (Å²) in [5.74, 6) is -3.36. The maximum absolute atomic E-state index is 13.1. The lowest BCUT2D eigenvalue weighted by atomic mass is 9.98. The molecule has 3 N–H and O–H groups in total. The maximum Gasteiger partial charge on any atom is 0.335 e. The van der Waals surface area contributed by atoms with Gasteiger partial charge in [-0.3, -0.25) is 14.4 Å². The van der Waals surface area contributed by atoms with Crippen LogP contribution in [0.2, 0.25) is 0 Å². The van der Waals surface area contributed by atoms with Gasteiger partial charge in [-0.1, -0.05) is 193 Å². The predicted molar refractivity (Wildman–Crippen MR) is 303 cm³/mol. The number of allylic oxidation sites excluding steroid dienone is 21. The minimum atomic E-state index is -1.93. The summed E-state index contributed by atoms with van der Waals surface area (Å²) in [5, 5.41) is 31.4. The molecule has 75 heavy (non-hydrogen) atoms. The van der Waals surface area contributed by atoms with E-state index in [4.69, 9.17) is 23.7 Å². The number of carbonyl (C=O) groups excluding carboxylic acids is 3. The first-order valence-electron chi connectivity index (χ1n) is 28.2. The zero-order valence-corrected chi connectivity index (χ0v) is 46.0. The minimum Gasteiger partial charge on any atom is -0.479 e. The van der Waals surface area contributed by atoms with Gasteiger partial charge in [0, 0.05) is 12.8 Å². The van der Waals surface area contributed by atoms with Gasteiger partial charge in [0.15, 0.2) is 24.6 Å². The first-order valence-corrected chi connectivity index (χ1v) is 28.2. The third-order valence-electron chi connectivity index (χ3n) is 11.7. The van der Waals surface area contributed by atoms with Crippen molar-refractivity contribution < 1.29 is 58.2 Å². The van der Waals surface area contributed by atoms with E-state index in [1.54, 1.807) is 6.08 Å². The minimum absolute atomic E-state index is 0.0235. The molecule has 1 aliphatic rings. The van der Waals surface area contributed by atoms with Crippen molar-refractivity contribution in [3.8, 4) is 0 Å². The average Bonchev–Trinajstić information content (AvgIpc) is 3.39. The molecule has 6 unspecified atom stereocenters. The summed E-state index contributed by atoms with van der Waals surface area (Å²) in [7, 11) is 0. The van der Waals surface area contributed by atoms with Crippen LogP contribution in [0.25, 0.3) is 0 Å². The lowest BCUT2D eigenvalue weighted by molar-refractivity contribution is -0.301. The van der Waals surface area contributed by atoms with Crippen LogP contribution in [0.1, 0.15) is 188 Å². The number of carbonyl (C=O) groups is 4. The molecule has 1 saturated heterocycles. The van der Waals surface area contributed by atoms with Gasteiger partial charge in [-0.05, 0) is 109 Å². The number of ether oxygens (including phenoxy) is 5. The van der Waals surface area contributed by atoms with Gasteiger partial charge in [-0.15, -0.1) is 0 Å². The summed E-state index contributed by atoms with van der Waals surface area (Å²) in [5.41, 5.74) is 0. The van der Waals surface area contributed by atoms with E-state index in [1.165, 1.54) is 0 Å². The van der Waals surface area contributed by atoms with Crippen LogP contribution in [-0.4, -0.2) is 89.2 Å². The summed E-state index contributed by atoms with van der Waals surface area (Å²) in [6.07, 6.45) is 57.4. The smallest absolute Gasteiger partial charge is 0.335 e. The Morgan fingerprint density at radius 1 is 0.467 bits per heavy atom. The zero-order chi connectivity index (χ0) is 54.7. The van der Waals surface area contributed by atoms with E-state index >= 15 is 0 Å². The lowest BCUT2D eigenvalue weighted by Crippen LogP contribution is -2.61. The molecule has 1 aliphatic heterocycles. The lowest BCUT2D eigenvalue weighted by Gasteiger charge is -2.40. The molecule has 0 aromatic heterocycles. The molecule has 12 nitrogen and oxygen atoms in total. The Bertz CT molecular complexity index is 1810. The molecule has 0 saturated carbocycles. The fourth-order valence-corrected chi connectivity index (χ4v) is 7.47. The number of esters is 3. The zero-order valence-electron chi connectivity index (χ0n) is 46.0. The Hall–Kier alpha value is -5.14. The van der Waals surface area contributed by atoms with Crippen molar-refractivity contribution in [2.45, 2.75) is 225 Å². The molecule has 420 valence electrons. The van der Waals surface area contributed by atoms with Gasteiger partial charge >= 0.3 is 23.9 Å². The maximum atomic E-state index is 13.1. The molecule has 0 amide bonds. The number of carboxylic acids is 1. The Balaban J connectivity index is 2.80. The number of hydrogen-bond acceptors (Lipinski definition) is 11. The third kappa shape index (κ3) is 39.9. The van der Waals surface area contributed by atoms with E-state index in [9.17, 15) is 34.5 Å². The van der Waals surface area contributed by atoms with Gasteiger partial charge in [0.1, 0.15) is 18.8 Å². The summed E-state index contributed by atoms with van der Waals surface area (Å²) >= 11 is 0. The molecule has 1 heterocycles. The number of aliphatic hydroxyl groups is 2. The van der Waals surface area contributed by atoms with E-state index in [0.717, 1.165) is 128 Å². The SMILES string of the molecule is CC/C=C\C/C=C\C/C=C\C/C=C\C/C=C\CC(=O)OC(COC(=O)CCCCCC/C=C\C/C=C\C/C=C\C/C=C\CC)COC1OC(C(=O)O)C(O)C(O)C1OC(=O)CCCCCCC/C=C\C/C=C\CCC. The van der Waals surface area contributed by atoms with Crippen molar-refractivity contribution in [1.29, 1.82) is 0 Å². The van der Waals surface area contributed by atoms with Crippen molar-refractivity contribution in [2.75, 3.05) is 13.2 Å². The quantitative estimate of drug-likeness (QED) is 0.0228. The van der Waals surface area contributed by atoms with E-state index in [2.05, 4.69) is 130 Å². The number of carboxylic acid groups (broad SMARTS) is 1. The number of aliphatic hydroxyl groups excluding tert-OH is 2. The van der Waals surface area contributed by atoms with Gasteiger partial charge < -0.3 is 39.0 Å². The molecule has 0 radical (unpaired) electrons. The molecule has 6 atom stereocenters. The van der Waals surface area contributed by atoms with Gasteiger partial charge in [-0.2, -0.15) is 0 Å². The molecular formula is C63H96O12. The molecule has 0 bridgehead atoms. The Morgan fingerprint density at radius 2 is 0.880 bits per heavy atom. The van der Waals surface area contributed by atoms with Crippen molar-refractivity contribution in [2.24, 2.45) is 0 Å². The Morgan fingerprint density at radius 3 is 1.35 bits per heavy atom. The standard InChI is InChI=1S/C63H96O12/c1-4-7-10-13-16-19-22-25-27-28-30-32-34-37-40-43-46-49-55(64)71-52-54(73-56(65)50-47-44-41-38-36-33-29-26-23-20-17-14-11-8-5-2)53-72-63-61(59(68)58(67)60(75-63)62(69)70)74-57(66)51-48-45-42-39-35-31-24-21-18-15-12-9-6-3/h7-8,10-12,15-17,19-21,24-27,29-30,32,36,38,44,47,54,58-61,63,67-68H,4-6,9,13-14,18,22-23,28,31,33-35,37,39-43,45-46,48-53H2,1-3H3,(H,69,70)/b10-7-,11-8-,15-12-,19-16-,20-17-,24-21-,27-25-,29-26-,32-30-,38-36-,47-44-. The highest BCUT2D eigenvalue weighted by atomic mass is 16.7. The molecule has 1 fully saturated rings.